The van der Waals surface area contributed by atoms with Crippen molar-refractivity contribution >= 4 is 57.8 Å². The Kier molecular flexibility index (Phi) is 37.7. The van der Waals surface area contributed by atoms with E-state index in [2.05, 4.69) is 142 Å². The first kappa shape index (κ1) is 109. The molecule has 6 aromatic rings. The molecule has 0 spiro atoms. The van der Waals surface area contributed by atoms with Gasteiger partial charge in [0.1, 0.15) is 58.5 Å². The van der Waals surface area contributed by atoms with Crippen LogP contribution in [0.1, 0.15) is 380 Å². The van der Waals surface area contributed by atoms with Gasteiger partial charge in [-0.25, -0.2) is 0 Å². The number of rotatable bonds is 26. The number of Topliss-reactive ketones (excluding diaryl/α,β-unsaturated/α-hetero) is 10. The largest absolute Gasteiger partial charge is 0.379 e. The summed E-state index contributed by atoms with van der Waals surface area (Å²) in [5.41, 5.74) is 22.6. The van der Waals surface area contributed by atoms with E-state index in [0.29, 0.717) is 99.3 Å². The minimum Gasteiger partial charge on any atom is -0.379 e. The second kappa shape index (κ2) is 48.5. The molecule has 0 aromatic heterocycles. The Morgan fingerprint density at radius 2 is 0.550 bits per heavy atom. The molecule has 0 amide bonds. The monoisotopic (exact) mass is 1910 g/mol. The summed E-state index contributed by atoms with van der Waals surface area (Å²) in [6.07, 6.45) is 34.0. The van der Waals surface area contributed by atoms with E-state index >= 15 is 0 Å². The maximum Gasteiger partial charge on any atom is 0.151 e. The van der Waals surface area contributed by atoms with Gasteiger partial charge in [0.15, 0.2) is 28.9 Å². The average Bonchev–Trinajstić information content (AvgIpc) is 1.62. The Balaban J connectivity index is 0.000000148. The second-order valence-electron chi connectivity index (χ2n) is 46.8. The van der Waals surface area contributed by atoms with Crippen LogP contribution in [0.2, 0.25) is 0 Å². The molecule has 0 N–H and O–H groups in total. The third-order valence-electron chi connectivity index (χ3n) is 33.9. The summed E-state index contributed by atoms with van der Waals surface area (Å²) in [6, 6.07) is 31.2. The zero-order valence-electron chi connectivity index (χ0n) is 88.9. The minimum atomic E-state index is -0.545. The topological polar surface area (TPSA) is 217 Å². The van der Waals surface area contributed by atoms with Crippen LogP contribution in [0.3, 0.4) is 0 Å². The van der Waals surface area contributed by atoms with Crippen LogP contribution >= 0.6 is 0 Å². The fraction of sp³-hybridized carbons (Fsp3) is 0.616. The van der Waals surface area contributed by atoms with Crippen molar-refractivity contribution in [3.05, 3.63) is 220 Å². The molecule has 6 aromatic carbocycles. The Bertz CT molecular complexity index is 5300. The molecule has 11 saturated carbocycles. The summed E-state index contributed by atoms with van der Waals surface area (Å²) < 4.78 is 29.7. The predicted molar refractivity (Wildman–Crippen MR) is 558 cm³/mol. The number of carbonyl (C=O) groups is 10. The molecule has 0 radical (unpaired) electrons. The molecule has 15 nitrogen and oxygen atoms in total. The zero-order valence-corrected chi connectivity index (χ0v) is 88.9. The van der Waals surface area contributed by atoms with Gasteiger partial charge in [-0.15, -0.1) is 6.58 Å². The smallest absolute Gasteiger partial charge is 0.151 e. The lowest BCUT2D eigenvalue weighted by molar-refractivity contribution is -0.126. The summed E-state index contributed by atoms with van der Waals surface area (Å²) in [5.74, 6) is 1.79. The number of ether oxygens (including phenoxy) is 5. The van der Waals surface area contributed by atoms with Crippen molar-refractivity contribution in [1.82, 2.24) is 0 Å². The van der Waals surface area contributed by atoms with E-state index in [0.717, 1.165) is 256 Å². The molecule has 0 heterocycles. The Morgan fingerprint density at radius 1 is 0.314 bits per heavy atom. The molecule has 11 aliphatic carbocycles. The number of carbonyl (C=O) groups excluding carboxylic acids is 10. The standard InChI is InChI=1S/C28H34O3.C25H34O3.C25H36O3.C24H32O3.C23H32O3/c1-18-13-19(2)26(20(3)14-18)27-25(29)16-23(28(27)30)15-21-9-11-24(12-10-21)31-17-22-7-5-4-6-8-22;1-15-10-16(2)23(17(3)11-15)24-22(26)13-20(25(24)27)12-18-6-8-21(9-7-18)28-14-19-4-5-19;1-15-11-16(2)22(17(3)12-15)23-21(26)14-19(24(23)27)13-18-7-9-20(10-8-18)28-25(4,5)6;1-5-10-27-20-8-6-18(7-9-20)13-19-14-21(25)23(24(19)26)22-16(3)11-15(2)12-17(22)4;1-14-10-15(2)20(16(3)11-14)21-19(24)13-18(22(21)25)12-17-6-8-23(4,26-5)9-7-17/h4-8,13-14,21,23-24,27H,9-12,15-17H2,1-3H3;10-11,18-21,24H,4-9,12-14H2,1-3H3;11-12,18-20,23H,7-10,13-14H2,1-6H3;5,11-12,18-20,23H,1,6-10,13-14H2,2-4H3;10-11,17-18,21H,6-9,12-13H2,1-5H3. The van der Waals surface area contributed by atoms with Gasteiger partial charge in [0, 0.05) is 75.4 Å². The maximum absolute atomic E-state index is 13.3. The van der Waals surface area contributed by atoms with Gasteiger partial charge in [-0.1, -0.05) is 125 Å². The lowest BCUT2D eigenvalue weighted by Gasteiger charge is -2.36. The second-order valence-corrected chi connectivity index (χ2v) is 46.8. The van der Waals surface area contributed by atoms with Crippen molar-refractivity contribution in [2.45, 2.75) is 409 Å². The Labute approximate surface area is 839 Å². The van der Waals surface area contributed by atoms with Crippen LogP contribution in [0.4, 0.5) is 0 Å². The molecule has 758 valence electrons. The minimum absolute atomic E-state index is 0.00926. The van der Waals surface area contributed by atoms with Crippen LogP contribution in [0.5, 0.6) is 0 Å². The van der Waals surface area contributed by atoms with Crippen molar-refractivity contribution in [2.75, 3.05) is 20.3 Å². The lowest BCUT2D eigenvalue weighted by atomic mass is 9.75. The quantitative estimate of drug-likeness (QED) is 0.0364. The first-order valence-corrected chi connectivity index (χ1v) is 54.0. The number of ketones is 10. The lowest BCUT2D eigenvalue weighted by Crippen LogP contribution is -2.33. The van der Waals surface area contributed by atoms with E-state index < -0.39 is 29.6 Å². The van der Waals surface area contributed by atoms with Crippen molar-refractivity contribution in [1.29, 1.82) is 0 Å². The molecule has 140 heavy (non-hydrogen) atoms. The molecule has 0 saturated heterocycles. The normalized spacial score (nSPS) is 29.3. The molecular formula is C125H168O15. The van der Waals surface area contributed by atoms with E-state index in [-0.39, 0.29) is 98.6 Å². The van der Waals surface area contributed by atoms with Gasteiger partial charge in [-0.3, -0.25) is 47.9 Å². The first-order chi connectivity index (χ1) is 66.5. The van der Waals surface area contributed by atoms with Crippen LogP contribution in [-0.2, 0) is 78.2 Å². The summed E-state index contributed by atoms with van der Waals surface area (Å²) in [4.78, 5) is 130. The molecular weight excluding hydrogens is 1740 g/mol. The number of hydrogen-bond acceptors (Lipinski definition) is 15. The summed E-state index contributed by atoms with van der Waals surface area (Å²) in [5, 5.41) is 0. The van der Waals surface area contributed by atoms with Gasteiger partial charge in [0.2, 0.25) is 0 Å². The van der Waals surface area contributed by atoms with E-state index in [1.165, 1.54) is 46.2 Å². The third kappa shape index (κ3) is 28.0. The van der Waals surface area contributed by atoms with E-state index in [1.807, 2.05) is 87.4 Å². The van der Waals surface area contributed by atoms with Gasteiger partial charge in [-0.2, -0.15) is 0 Å². The predicted octanol–water partition coefficient (Wildman–Crippen LogP) is 26.7. The summed E-state index contributed by atoms with van der Waals surface area (Å²) >= 11 is 0. The highest BCUT2D eigenvalue weighted by atomic mass is 16.5. The van der Waals surface area contributed by atoms with Gasteiger partial charge in [0.25, 0.3) is 0 Å². The highest BCUT2D eigenvalue weighted by Crippen LogP contribution is 2.50. The average molecular weight is 1910 g/mol. The van der Waals surface area contributed by atoms with Gasteiger partial charge in [-0.05, 0) is 429 Å². The highest BCUT2D eigenvalue weighted by Gasteiger charge is 2.51. The van der Waals surface area contributed by atoms with Gasteiger partial charge < -0.3 is 23.7 Å². The van der Waals surface area contributed by atoms with Crippen LogP contribution in [-0.4, -0.2) is 114 Å². The Morgan fingerprint density at radius 3 is 0.793 bits per heavy atom. The molecule has 10 atom stereocenters. The molecule has 17 rings (SSSR count). The van der Waals surface area contributed by atoms with Crippen molar-refractivity contribution < 1.29 is 71.6 Å². The molecule has 0 aliphatic heterocycles. The first-order valence-electron chi connectivity index (χ1n) is 54.0. The molecule has 0 bridgehead atoms. The van der Waals surface area contributed by atoms with Gasteiger partial charge in [0.05, 0.1) is 48.8 Å². The Hall–Kier alpha value is -8.44. The fourth-order valence-electron chi connectivity index (χ4n) is 26.9. The number of aryl methyl sites for hydroxylation is 15. The van der Waals surface area contributed by atoms with Gasteiger partial charge >= 0.3 is 0 Å². The highest BCUT2D eigenvalue weighted by molar-refractivity contribution is 6.18. The zero-order chi connectivity index (χ0) is 101. The fourth-order valence-corrected chi connectivity index (χ4v) is 26.9. The van der Waals surface area contributed by atoms with Crippen molar-refractivity contribution in [3.63, 3.8) is 0 Å². The van der Waals surface area contributed by atoms with Crippen LogP contribution < -0.4 is 0 Å². The number of methoxy groups -OCH3 is 1. The molecule has 11 fully saturated rings. The van der Waals surface area contributed by atoms with Crippen LogP contribution in [0, 0.1) is 169 Å². The van der Waals surface area contributed by atoms with E-state index in [9.17, 15) is 47.9 Å². The SMILES string of the molecule is C=CCOC1CCC(CC2CC(=O)C(c3c(C)cc(C)cc3C)C2=O)CC1.COC1(C)CCC(CC2CC(=O)C(c3c(C)cc(C)cc3C)C2=O)CC1.Cc1cc(C)c(C2C(=O)CC(CC3CCC(OC(C)(C)C)CC3)C2=O)c(C)c1.Cc1cc(C)c(C2C(=O)CC(CC3CCC(OCC4CC4)CC3)C2=O)c(C)c1.Cc1cc(C)c(C2C(=O)CC(CC3CCC(OCc4ccccc4)CC3)C2=O)c(C)c1. The molecule has 15 heteroatoms. The van der Waals surface area contributed by atoms with E-state index in [1.54, 1.807) is 13.2 Å². The third-order valence-corrected chi connectivity index (χ3v) is 33.9. The van der Waals surface area contributed by atoms with Crippen LogP contribution in [0.15, 0.2) is 104 Å². The summed E-state index contributed by atoms with van der Waals surface area (Å²) in [7, 11) is 1.79. The molecule has 11 aliphatic rings. The summed E-state index contributed by atoms with van der Waals surface area (Å²) in [6.45, 7) is 45.0. The number of hydrogen-bond donors (Lipinski definition) is 0. The van der Waals surface area contributed by atoms with Crippen LogP contribution in [0.25, 0.3) is 0 Å². The van der Waals surface area contributed by atoms with Crippen molar-refractivity contribution in [2.24, 2.45) is 65.1 Å². The number of benzene rings is 6. The molecule has 10 unspecified atom stereocenters. The van der Waals surface area contributed by atoms with Crippen molar-refractivity contribution in [3.8, 4) is 0 Å². The maximum atomic E-state index is 13.3. The van der Waals surface area contributed by atoms with E-state index in [4.69, 9.17) is 23.7 Å².